The molecule has 28 heavy (non-hydrogen) atoms. The van der Waals surface area contributed by atoms with Crippen molar-refractivity contribution < 1.29 is 0 Å². The quantitative estimate of drug-likeness (QED) is 0.424. The zero-order valence-electron chi connectivity index (χ0n) is 14.7. The van der Waals surface area contributed by atoms with Gasteiger partial charge in [-0.1, -0.05) is 41.9 Å². The summed E-state index contributed by atoms with van der Waals surface area (Å²) < 4.78 is 1.59. The van der Waals surface area contributed by atoms with E-state index in [1.54, 1.807) is 10.9 Å². The van der Waals surface area contributed by atoms with Crippen LogP contribution in [0.3, 0.4) is 0 Å². The molecular weight excluding hydrogens is 419 g/mol. The fraction of sp³-hybridized carbons (Fsp3) is 0.105. The Kier molecular flexibility index (Phi) is 6.72. The lowest BCUT2D eigenvalue weighted by molar-refractivity contribution is 0.883. The largest absolute Gasteiger partial charge is 0.384 e. The van der Waals surface area contributed by atoms with Crippen LogP contribution in [0.4, 0.5) is 5.95 Å². The number of fused-ring (bicyclic) bond motifs is 1. The minimum atomic E-state index is 0. The molecule has 0 unspecified atom stereocenters. The van der Waals surface area contributed by atoms with E-state index in [9.17, 15) is 0 Å². The SMILES string of the molecule is Cl.Cl.N=C(N)c1cccc2c1CCC2=Nn1cc(-c2ccc(Cl)cc2)nc1N. The first-order valence-corrected chi connectivity index (χ1v) is 8.56. The van der Waals surface area contributed by atoms with E-state index >= 15 is 0 Å². The minimum absolute atomic E-state index is 0. The van der Waals surface area contributed by atoms with Gasteiger partial charge in [-0.25, -0.2) is 9.66 Å². The van der Waals surface area contributed by atoms with E-state index in [0.29, 0.717) is 11.0 Å². The highest BCUT2D eigenvalue weighted by Gasteiger charge is 2.22. The van der Waals surface area contributed by atoms with Crippen molar-refractivity contribution in [2.24, 2.45) is 10.8 Å². The Morgan fingerprint density at radius 3 is 2.50 bits per heavy atom. The predicted octanol–water partition coefficient (Wildman–Crippen LogP) is 4.11. The molecule has 0 fully saturated rings. The number of nitrogens with two attached hydrogens (primary N) is 2. The smallest absolute Gasteiger partial charge is 0.221 e. The van der Waals surface area contributed by atoms with Crippen molar-refractivity contribution in [3.05, 3.63) is 70.4 Å². The number of rotatable bonds is 3. The van der Waals surface area contributed by atoms with Gasteiger partial charge in [0.05, 0.1) is 17.6 Å². The highest BCUT2D eigenvalue weighted by atomic mass is 35.5. The molecule has 9 heteroatoms. The summed E-state index contributed by atoms with van der Waals surface area (Å²) in [5, 5.41) is 13.1. The molecule has 0 aliphatic heterocycles. The summed E-state index contributed by atoms with van der Waals surface area (Å²) in [4.78, 5) is 4.39. The molecule has 0 spiro atoms. The number of nitrogens with one attached hydrogen (secondary N) is 1. The molecular formula is C19H19Cl3N6. The molecule has 0 bridgehead atoms. The Bertz CT molecular complexity index is 1040. The van der Waals surface area contributed by atoms with Crippen molar-refractivity contribution in [2.45, 2.75) is 12.8 Å². The maximum atomic E-state index is 7.73. The number of nitrogens with zero attached hydrogens (tertiary/aromatic N) is 3. The maximum Gasteiger partial charge on any atom is 0.221 e. The summed E-state index contributed by atoms with van der Waals surface area (Å²) in [6.07, 6.45) is 3.38. The van der Waals surface area contributed by atoms with E-state index in [-0.39, 0.29) is 30.6 Å². The van der Waals surface area contributed by atoms with Gasteiger partial charge in [0.15, 0.2) is 0 Å². The molecule has 4 rings (SSSR count). The molecule has 0 amide bonds. The van der Waals surface area contributed by atoms with Gasteiger partial charge in [0.1, 0.15) is 5.84 Å². The normalized spacial score (nSPS) is 13.5. The van der Waals surface area contributed by atoms with Crippen molar-refractivity contribution in [1.82, 2.24) is 9.66 Å². The number of aromatic nitrogens is 2. The van der Waals surface area contributed by atoms with Gasteiger partial charge in [-0.15, -0.1) is 24.8 Å². The molecule has 1 aromatic heterocycles. The molecule has 0 saturated heterocycles. The third kappa shape index (κ3) is 3.99. The topological polar surface area (TPSA) is 106 Å². The summed E-state index contributed by atoms with van der Waals surface area (Å²) in [6.45, 7) is 0. The third-order valence-electron chi connectivity index (χ3n) is 4.47. The Labute approximate surface area is 179 Å². The Morgan fingerprint density at radius 2 is 1.82 bits per heavy atom. The first kappa shape index (κ1) is 21.8. The molecule has 0 saturated carbocycles. The molecule has 0 radical (unpaired) electrons. The predicted molar refractivity (Wildman–Crippen MR) is 119 cm³/mol. The molecule has 146 valence electrons. The second kappa shape index (κ2) is 8.65. The number of amidine groups is 1. The number of hydrogen-bond donors (Lipinski definition) is 3. The summed E-state index contributed by atoms with van der Waals surface area (Å²) in [5.74, 6) is 0.397. The van der Waals surface area contributed by atoms with E-state index in [2.05, 4.69) is 10.1 Å². The van der Waals surface area contributed by atoms with Crippen molar-refractivity contribution in [3.8, 4) is 11.3 Å². The summed E-state index contributed by atoms with van der Waals surface area (Å²) in [6, 6.07) is 13.2. The number of nitrogen functional groups attached to an aromatic ring is 2. The average molecular weight is 438 g/mol. The van der Waals surface area contributed by atoms with Crippen LogP contribution in [0.1, 0.15) is 23.1 Å². The van der Waals surface area contributed by atoms with Crippen LogP contribution in [0.15, 0.2) is 53.8 Å². The Morgan fingerprint density at radius 1 is 1.11 bits per heavy atom. The highest BCUT2D eigenvalue weighted by Crippen LogP contribution is 2.27. The van der Waals surface area contributed by atoms with Gasteiger partial charge in [-0.3, -0.25) is 5.41 Å². The lowest BCUT2D eigenvalue weighted by Gasteiger charge is -2.06. The first-order valence-electron chi connectivity index (χ1n) is 8.18. The number of imidazole rings is 1. The van der Waals surface area contributed by atoms with Gasteiger partial charge >= 0.3 is 0 Å². The summed E-state index contributed by atoms with van der Waals surface area (Å²) >= 11 is 5.94. The van der Waals surface area contributed by atoms with Gasteiger partial charge in [0, 0.05) is 21.7 Å². The summed E-state index contributed by atoms with van der Waals surface area (Å²) in [7, 11) is 0. The van der Waals surface area contributed by atoms with E-state index < -0.39 is 0 Å². The molecule has 1 heterocycles. The van der Waals surface area contributed by atoms with Gasteiger partial charge < -0.3 is 11.5 Å². The molecule has 6 nitrogen and oxygen atoms in total. The van der Waals surface area contributed by atoms with E-state index in [1.807, 2.05) is 42.5 Å². The first-order chi connectivity index (χ1) is 12.5. The minimum Gasteiger partial charge on any atom is -0.384 e. The Hall–Kier alpha value is -2.54. The molecule has 3 aromatic rings. The second-order valence-corrected chi connectivity index (χ2v) is 6.56. The summed E-state index contributed by atoms with van der Waals surface area (Å²) in [5.41, 5.74) is 17.2. The third-order valence-corrected chi connectivity index (χ3v) is 4.72. The highest BCUT2D eigenvalue weighted by molar-refractivity contribution is 6.30. The molecule has 1 aliphatic rings. The Balaban J connectivity index is 0.00000140. The van der Waals surface area contributed by atoms with Crippen LogP contribution < -0.4 is 11.5 Å². The van der Waals surface area contributed by atoms with Crippen LogP contribution in [0.2, 0.25) is 5.02 Å². The molecule has 5 N–H and O–H groups in total. The van der Waals surface area contributed by atoms with Crippen LogP contribution in [0.25, 0.3) is 11.3 Å². The number of benzene rings is 2. The van der Waals surface area contributed by atoms with Crippen LogP contribution in [-0.2, 0) is 6.42 Å². The van der Waals surface area contributed by atoms with Crippen LogP contribution in [0, 0.1) is 5.41 Å². The lowest BCUT2D eigenvalue weighted by Crippen LogP contribution is -2.13. The van der Waals surface area contributed by atoms with Gasteiger partial charge in [-0.2, -0.15) is 5.10 Å². The van der Waals surface area contributed by atoms with Crippen LogP contribution in [-0.4, -0.2) is 21.2 Å². The van der Waals surface area contributed by atoms with Crippen LogP contribution in [0.5, 0.6) is 0 Å². The van der Waals surface area contributed by atoms with Gasteiger partial charge in [0.25, 0.3) is 0 Å². The fourth-order valence-corrected chi connectivity index (χ4v) is 3.34. The molecule has 2 aromatic carbocycles. The van der Waals surface area contributed by atoms with Crippen molar-refractivity contribution >= 4 is 53.9 Å². The average Bonchev–Trinajstić information content (AvgIpc) is 3.20. The second-order valence-electron chi connectivity index (χ2n) is 6.13. The van der Waals surface area contributed by atoms with Gasteiger partial charge in [-0.05, 0) is 30.5 Å². The van der Waals surface area contributed by atoms with Crippen LogP contribution >= 0.6 is 36.4 Å². The maximum absolute atomic E-state index is 7.73. The van der Waals surface area contributed by atoms with Crippen molar-refractivity contribution in [1.29, 1.82) is 5.41 Å². The monoisotopic (exact) mass is 436 g/mol. The van der Waals surface area contributed by atoms with Crippen molar-refractivity contribution in [3.63, 3.8) is 0 Å². The van der Waals surface area contributed by atoms with E-state index in [4.69, 9.17) is 28.5 Å². The molecule has 0 atom stereocenters. The number of halogens is 3. The molecule has 1 aliphatic carbocycles. The zero-order chi connectivity index (χ0) is 18.3. The zero-order valence-corrected chi connectivity index (χ0v) is 17.1. The standard InChI is InChI=1S/C19H17ClN6.2ClH/c20-12-6-4-11(5-7-12)17-10-26(19(23)24-17)25-16-9-8-13-14(16)2-1-3-15(13)18(21)22;;/h1-7,10H,8-9H2,(H3,21,22)(H2,23,24);2*1H. The van der Waals surface area contributed by atoms with Crippen molar-refractivity contribution in [2.75, 3.05) is 5.73 Å². The van der Waals surface area contributed by atoms with Gasteiger partial charge in [0.2, 0.25) is 5.95 Å². The van der Waals surface area contributed by atoms with E-state index in [0.717, 1.165) is 46.5 Å². The van der Waals surface area contributed by atoms with E-state index in [1.165, 1.54) is 0 Å². The fourth-order valence-electron chi connectivity index (χ4n) is 3.22. The lowest BCUT2D eigenvalue weighted by atomic mass is 10.0. The number of hydrogen-bond acceptors (Lipinski definition) is 4. The number of anilines is 1.